The van der Waals surface area contributed by atoms with Crippen LogP contribution >= 0.6 is 15.9 Å². The van der Waals surface area contributed by atoms with Crippen molar-refractivity contribution in [3.8, 4) is 6.07 Å². The molecule has 16 heavy (non-hydrogen) atoms. The molecule has 0 saturated carbocycles. The minimum atomic E-state index is -0.593. The predicted molar refractivity (Wildman–Crippen MR) is 64.4 cm³/mol. The summed E-state index contributed by atoms with van der Waals surface area (Å²) in [4.78, 5) is 11.3. The minimum Gasteiger partial charge on any atom is -0.462 e. The smallest absolute Gasteiger partial charge is 0.348 e. The van der Waals surface area contributed by atoms with Crippen molar-refractivity contribution in [2.24, 2.45) is 0 Å². The zero-order valence-electron chi connectivity index (χ0n) is 8.74. The molecule has 0 spiro atoms. The molecule has 82 valence electrons. The molecule has 0 saturated heterocycles. The van der Waals surface area contributed by atoms with Crippen LogP contribution in [0, 0.1) is 11.3 Å². The van der Waals surface area contributed by atoms with Gasteiger partial charge in [0.25, 0.3) is 0 Å². The summed E-state index contributed by atoms with van der Waals surface area (Å²) in [7, 11) is 0. The Hall–Kier alpha value is -1.60. The summed E-state index contributed by atoms with van der Waals surface area (Å²) < 4.78 is 5.65. The molecule has 0 aliphatic heterocycles. The molecule has 0 fully saturated rings. The molecule has 0 bridgehead atoms. The summed E-state index contributed by atoms with van der Waals surface area (Å²) >= 11 is 3.31. The third-order valence-corrected chi connectivity index (χ3v) is 2.27. The fourth-order valence-corrected chi connectivity index (χ4v) is 1.53. The molecular weight excluding hydrogens is 270 g/mol. The Morgan fingerprint density at radius 3 is 2.94 bits per heavy atom. The number of benzene rings is 1. The van der Waals surface area contributed by atoms with E-state index in [1.165, 1.54) is 6.08 Å². The van der Waals surface area contributed by atoms with E-state index in [4.69, 9.17) is 10.00 Å². The molecule has 1 aromatic rings. The Balaban J connectivity index is 2.97. The molecule has 1 rings (SSSR count). The molecule has 0 aromatic heterocycles. The standard InChI is InChI=1S/C12H10BrNO2/c1-2-16-12(15)10(8-14)6-9-4-3-5-11(13)7-9/h3-7H,2H2,1H3/b10-6+. The Kier molecular flexibility index (Phi) is 4.74. The quantitative estimate of drug-likeness (QED) is 0.486. The molecule has 3 nitrogen and oxygen atoms in total. The van der Waals surface area contributed by atoms with Gasteiger partial charge in [0.2, 0.25) is 0 Å². The Morgan fingerprint density at radius 1 is 1.62 bits per heavy atom. The first-order chi connectivity index (χ1) is 7.67. The summed E-state index contributed by atoms with van der Waals surface area (Å²) in [5.41, 5.74) is 0.777. The molecular formula is C12H10BrNO2. The third kappa shape index (κ3) is 3.52. The Bertz CT molecular complexity index is 460. The van der Waals surface area contributed by atoms with Crippen LogP contribution in [-0.2, 0) is 9.53 Å². The van der Waals surface area contributed by atoms with Gasteiger partial charge in [0.1, 0.15) is 11.6 Å². The summed E-state index contributed by atoms with van der Waals surface area (Å²) in [5, 5.41) is 8.82. The van der Waals surface area contributed by atoms with Crippen LogP contribution < -0.4 is 0 Å². The molecule has 0 amide bonds. The van der Waals surface area contributed by atoms with Gasteiger partial charge in [0.05, 0.1) is 6.61 Å². The fraction of sp³-hybridized carbons (Fsp3) is 0.167. The molecule has 0 N–H and O–H groups in total. The largest absolute Gasteiger partial charge is 0.462 e. The van der Waals surface area contributed by atoms with Crippen molar-refractivity contribution in [3.05, 3.63) is 39.9 Å². The van der Waals surface area contributed by atoms with E-state index in [2.05, 4.69) is 15.9 Å². The van der Waals surface area contributed by atoms with Gasteiger partial charge in [-0.15, -0.1) is 0 Å². The highest BCUT2D eigenvalue weighted by molar-refractivity contribution is 9.10. The van der Waals surface area contributed by atoms with Crippen LogP contribution in [0.5, 0.6) is 0 Å². The van der Waals surface area contributed by atoms with E-state index < -0.39 is 5.97 Å². The lowest BCUT2D eigenvalue weighted by Gasteiger charge is -2.00. The molecule has 0 unspecified atom stereocenters. The lowest BCUT2D eigenvalue weighted by Crippen LogP contribution is -2.05. The second-order valence-electron chi connectivity index (χ2n) is 2.95. The van der Waals surface area contributed by atoms with Crippen molar-refractivity contribution in [1.29, 1.82) is 5.26 Å². The van der Waals surface area contributed by atoms with Gasteiger partial charge in [-0.3, -0.25) is 0 Å². The normalized spacial score (nSPS) is 10.7. The van der Waals surface area contributed by atoms with E-state index in [0.29, 0.717) is 0 Å². The number of rotatable bonds is 3. The fourth-order valence-electron chi connectivity index (χ4n) is 1.11. The van der Waals surface area contributed by atoms with Gasteiger partial charge >= 0.3 is 5.97 Å². The molecule has 1 aromatic carbocycles. The summed E-state index contributed by atoms with van der Waals surface area (Å²) in [5.74, 6) is -0.593. The van der Waals surface area contributed by atoms with Crippen LogP contribution in [0.1, 0.15) is 12.5 Å². The summed E-state index contributed by atoms with van der Waals surface area (Å²) in [6.07, 6.45) is 1.50. The third-order valence-electron chi connectivity index (χ3n) is 1.78. The van der Waals surface area contributed by atoms with Crippen molar-refractivity contribution < 1.29 is 9.53 Å². The average molecular weight is 280 g/mol. The number of halogens is 1. The number of nitriles is 1. The van der Waals surface area contributed by atoms with Gasteiger partial charge in [0.15, 0.2) is 0 Å². The van der Waals surface area contributed by atoms with E-state index >= 15 is 0 Å². The van der Waals surface area contributed by atoms with Gasteiger partial charge in [0, 0.05) is 4.47 Å². The number of esters is 1. The maximum absolute atomic E-state index is 11.3. The van der Waals surface area contributed by atoms with Crippen molar-refractivity contribution in [2.75, 3.05) is 6.61 Å². The molecule has 0 atom stereocenters. The van der Waals surface area contributed by atoms with E-state index in [9.17, 15) is 4.79 Å². The van der Waals surface area contributed by atoms with E-state index in [1.54, 1.807) is 13.0 Å². The van der Waals surface area contributed by atoms with E-state index in [-0.39, 0.29) is 12.2 Å². The van der Waals surface area contributed by atoms with Crippen LogP contribution in [0.4, 0.5) is 0 Å². The van der Waals surface area contributed by atoms with Gasteiger partial charge in [-0.05, 0) is 30.7 Å². The van der Waals surface area contributed by atoms with Crippen LogP contribution in [-0.4, -0.2) is 12.6 Å². The average Bonchev–Trinajstić information content (AvgIpc) is 2.26. The Morgan fingerprint density at radius 2 is 2.38 bits per heavy atom. The first-order valence-corrected chi connectivity index (χ1v) is 5.51. The molecule has 0 radical (unpaired) electrons. The molecule has 0 aliphatic rings. The van der Waals surface area contributed by atoms with E-state index in [1.807, 2.05) is 24.3 Å². The number of carbonyl (C=O) groups is 1. The number of nitrogens with zero attached hydrogens (tertiary/aromatic N) is 1. The Labute approximate surface area is 102 Å². The summed E-state index contributed by atoms with van der Waals surface area (Å²) in [6, 6.07) is 9.15. The lowest BCUT2D eigenvalue weighted by molar-refractivity contribution is -0.137. The van der Waals surface area contributed by atoms with Crippen LogP contribution in [0.15, 0.2) is 34.3 Å². The number of hydrogen-bond acceptors (Lipinski definition) is 3. The monoisotopic (exact) mass is 279 g/mol. The molecule has 0 aliphatic carbocycles. The highest BCUT2D eigenvalue weighted by Crippen LogP contribution is 2.14. The second kappa shape index (κ2) is 6.09. The zero-order chi connectivity index (χ0) is 12.0. The first kappa shape index (κ1) is 12.5. The van der Waals surface area contributed by atoms with Crippen LogP contribution in [0.25, 0.3) is 6.08 Å². The lowest BCUT2D eigenvalue weighted by atomic mass is 10.1. The van der Waals surface area contributed by atoms with Crippen LogP contribution in [0.2, 0.25) is 0 Å². The topological polar surface area (TPSA) is 50.1 Å². The SMILES string of the molecule is CCOC(=O)/C(C#N)=C/c1cccc(Br)c1. The minimum absolute atomic E-state index is 0.0000463. The van der Waals surface area contributed by atoms with Crippen molar-refractivity contribution in [1.82, 2.24) is 0 Å². The van der Waals surface area contributed by atoms with Crippen molar-refractivity contribution >= 4 is 28.0 Å². The highest BCUT2D eigenvalue weighted by atomic mass is 79.9. The van der Waals surface area contributed by atoms with Gasteiger partial charge in [-0.1, -0.05) is 28.1 Å². The summed E-state index contributed by atoms with van der Waals surface area (Å²) in [6.45, 7) is 1.96. The number of hydrogen-bond donors (Lipinski definition) is 0. The second-order valence-corrected chi connectivity index (χ2v) is 3.86. The maximum Gasteiger partial charge on any atom is 0.348 e. The van der Waals surface area contributed by atoms with Gasteiger partial charge in [-0.25, -0.2) is 4.79 Å². The number of ether oxygens (including phenoxy) is 1. The highest BCUT2D eigenvalue weighted by Gasteiger charge is 2.09. The van der Waals surface area contributed by atoms with Crippen molar-refractivity contribution in [3.63, 3.8) is 0 Å². The van der Waals surface area contributed by atoms with Crippen LogP contribution in [0.3, 0.4) is 0 Å². The van der Waals surface area contributed by atoms with Crippen molar-refractivity contribution in [2.45, 2.75) is 6.92 Å². The first-order valence-electron chi connectivity index (χ1n) is 4.72. The molecule has 4 heteroatoms. The zero-order valence-corrected chi connectivity index (χ0v) is 10.3. The predicted octanol–water partition coefficient (Wildman–Crippen LogP) is 2.92. The van der Waals surface area contributed by atoms with E-state index in [0.717, 1.165) is 10.0 Å². The number of carbonyl (C=O) groups excluding carboxylic acids is 1. The van der Waals surface area contributed by atoms with Gasteiger partial charge in [-0.2, -0.15) is 5.26 Å². The molecule has 0 heterocycles. The van der Waals surface area contributed by atoms with Gasteiger partial charge < -0.3 is 4.74 Å². The maximum atomic E-state index is 11.3.